The molecule has 51 heavy (non-hydrogen) atoms. The second-order valence-corrected chi connectivity index (χ2v) is 12.2. The Labute approximate surface area is 281 Å². The van der Waals surface area contributed by atoms with E-state index in [9.17, 15) is 71.5 Å². The summed E-state index contributed by atoms with van der Waals surface area (Å²) in [6.07, 6.45) is -9.28. The summed E-state index contributed by atoms with van der Waals surface area (Å²) in [5, 5.41) is 10.3. The number of nitrogens with one attached hydrogen (secondary N) is 1. The first-order valence-corrected chi connectivity index (χ1v) is 14.7. The number of carbonyl (C=O) groups excluding carboxylic acids is 3. The number of H-pyrrole nitrogens is 1. The van der Waals surface area contributed by atoms with E-state index in [1.807, 2.05) is 20.8 Å². The van der Waals surface area contributed by atoms with E-state index in [4.69, 9.17) is 9.47 Å². The predicted molar refractivity (Wildman–Crippen MR) is 150 cm³/mol. The number of nitrogens with zero attached hydrogens (tertiary/aromatic N) is 2. The summed E-state index contributed by atoms with van der Waals surface area (Å²) >= 11 is 0. The first-order valence-electron chi connectivity index (χ1n) is 14.7. The second-order valence-electron chi connectivity index (χ2n) is 12.2. The number of aromatic amines is 1. The fourth-order valence-corrected chi connectivity index (χ4v) is 3.23. The number of esters is 3. The maximum Gasteiger partial charge on any atom is 0.460 e. The Balaban J connectivity index is 0.000000527. The van der Waals surface area contributed by atoms with Gasteiger partial charge in [0.25, 0.3) is 0 Å². The lowest BCUT2D eigenvalue weighted by Crippen LogP contribution is -2.70. The Bertz CT molecular complexity index is 1510. The number of fused-ring (bicyclic) bond motifs is 1. The van der Waals surface area contributed by atoms with E-state index in [2.05, 4.69) is 20.1 Å². The van der Waals surface area contributed by atoms with Crippen LogP contribution in [0.3, 0.4) is 0 Å². The van der Waals surface area contributed by atoms with Crippen LogP contribution in [0.15, 0.2) is 18.2 Å². The largest absolute Gasteiger partial charge is 0.465 e. The lowest BCUT2D eigenvalue weighted by atomic mass is 9.90. The van der Waals surface area contributed by atoms with Crippen LogP contribution >= 0.6 is 0 Å². The molecule has 0 radical (unpaired) electrons. The number of carbonyl (C=O) groups is 3. The highest BCUT2D eigenvalue weighted by Crippen LogP contribution is 2.60. The number of hydrogen-bond acceptors (Lipinski definition) is 8. The van der Waals surface area contributed by atoms with Crippen molar-refractivity contribution in [2.24, 2.45) is 10.8 Å². The summed E-state index contributed by atoms with van der Waals surface area (Å²) in [4.78, 5) is 35.1. The maximum absolute atomic E-state index is 13.5. The molecule has 1 aromatic carbocycles. The smallest absolute Gasteiger partial charge is 0.460 e. The molecule has 0 bridgehead atoms. The highest BCUT2D eigenvalue weighted by Gasteiger charge is 2.90. The van der Waals surface area contributed by atoms with E-state index in [0.717, 1.165) is 0 Å². The molecule has 0 saturated heterocycles. The predicted octanol–water partition coefficient (Wildman–Crippen LogP) is 8.19. The molecule has 0 unspecified atom stereocenters. The zero-order valence-electron chi connectivity index (χ0n) is 27.7. The number of alkyl halides is 13. The number of ether oxygens (including phenoxy) is 3. The van der Waals surface area contributed by atoms with E-state index in [0.29, 0.717) is 23.0 Å². The summed E-state index contributed by atoms with van der Waals surface area (Å²) in [5.41, 5.74) is -0.217. The lowest BCUT2D eigenvalue weighted by molar-refractivity contribution is -0.440. The second kappa shape index (κ2) is 15.8. The minimum Gasteiger partial charge on any atom is -0.465 e. The first kappa shape index (κ1) is 45.1. The van der Waals surface area contributed by atoms with Gasteiger partial charge in [0.15, 0.2) is 0 Å². The molecule has 22 heteroatoms. The highest BCUT2D eigenvalue weighted by molar-refractivity contribution is 5.93. The van der Waals surface area contributed by atoms with Crippen LogP contribution in [-0.2, 0) is 23.8 Å². The fraction of sp³-hybridized carbons (Fsp3) is 0.690. The Morgan fingerprint density at radius 3 is 1.51 bits per heavy atom. The van der Waals surface area contributed by atoms with Gasteiger partial charge in [-0.3, -0.25) is 9.59 Å². The van der Waals surface area contributed by atoms with Gasteiger partial charge in [0, 0.05) is 0 Å². The van der Waals surface area contributed by atoms with Gasteiger partial charge >= 0.3 is 53.7 Å². The van der Waals surface area contributed by atoms with Crippen molar-refractivity contribution in [2.75, 3.05) is 19.8 Å². The summed E-state index contributed by atoms with van der Waals surface area (Å²) in [5.74, 6) is -39.2. The molecule has 2 aromatic rings. The summed E-state index contributed by atoms with van der Waals surface area (Å²) in [7, 11) is 0. The Hall–Kier alpha value is -3.88. The van der Waals surface area contributed by atoms with Gasteiger partial charge in [0.2, 0.25) is 0 Å². The minimum absolute atomic E-state index is 0.0151. The topological polar surface area (TPSA) is 120 Å². The van der Waals surface area contributed by atoms with Crippen LogP contribution in [0.4, 0.5) is 57.1 Å². The number of rotatable bonds is 15. The molecule has 0 aliphatic heterocycles. The van der Waals surface area contributed by atoms with Gasteiger partial charge in [0.05, 0.1) is 29.4 Å². The third-order valence-electron chi connectivity index (χ3n) is 7.62. The van der Waals surface area contributed by atoms with Crippen LogP contribution in [0, 0.1) is 10.8 Å². The van der Waals surface area contributed by atoms with E-state index in [1.54, 1.807) is 18.2 Å². The van der Waals surface area contributed by atoms with Gasteiger partial charge in [-0.1, -0.05) is 13.8 Å². The van der Waals surface area contributed by atoms with Gasteiger partial charge < -0.3 is 14.2 Å². The van der Waals surface area contributed by atoms with Crippen molar-refractivity contribution in [3.63, 3.8) is 0 Å². The van der Waals surface area contributed by atoms with Crippen molar-refractivity contribution < 1.29 is 85.7 Å². The van der Waals surface area contributed by atoms with Gasteiger partial charge in [-0.15, -0.1) is 0 Å². The number of aromatic nitrogens is 3. The molecule has 0 aliphatic rings. The van der Waals surface area contributed by atoms with E-state index >= 15 is 0 Å². The van der Waals surface area contributed by atoms with Crippen LogP contribution < -0.4 is 0 Å². The number of hydrogen-bond donors (Lipinski definition) is 1. The zero-order chi connectivity index (χ0) is 40.1. The molecule has 1 aromatic heterocycles. The zero-order valence-corrected chi connectivity index (χ0v) is 27.7. The van der Waals surface area contributed by atoms with Crippen molar-refractivity contribution >= 4 is 28.9 Å². The van der Waals surface area contributed by atoms with E-state index in [1.165, 1.54) is 20.8 Å². The SMILES string of the molecule is CCC(C)(C)C(=O)OCCC(F)(F)C(F)(F)C(F)(F)C(F)(F)C(F)(F)C(F)(F)F.CCC(C)(C)C(=O)OCCOC(=O)c1ccc2n[nH]nc2c1. The van der Waals surface area contributed by atoms with Gasteiger partial charge in [-0.25, -0.2) is 4.79 Å². The molecule has 0 amide bonds. The fourth-order valence-electron chi connectivity index (χ4n) is 3.23. The van der Waals surface area contributed by atoms with Gasteiger partial charge in [-0.2, -0.15) is 72.5 Å². The molecule has 0 aliphatic carbocycles. The van der Waals surface area contributed by atoms with E-state index in [-0.39, 0.29) is 25.6 Å². The molecule has 1 heterocycles. The minimum atomic E-state index is -7.94. The molecule has 1 N–H and O–H groups in total. The molecule has 0 spiro atoms. The average molecular weight is 768 g/mol. The molecule has 2 rings (SSSR count). The average Bonchev–Trinajstić information content (AvgIpc) is 3.50. The van der Waals surface area contributed by atoms with E-state index < -0.39 is 71.6 Å². The molecule has 0 fully saturated rings. The summed E-state index contributed by atoms with van der Waals surface area (Å²) < 4.78 is 182. The molecule has 0 saturated carbocycles. The van der Waals surface area contributed by atoms with Crippen LogP contribution in [0.25, 0.3) is 11.0 Å². The standard InChI is InChI=1S/C15H19N3O4.C14H15F13O2/c1-4-15(2,3)14(20)22-8-7-21-13(19)10-5-6-11-12(9-10)17-18-16-11;1-4-8(2,3)7(28)29-6-5-9(15,16)10(17,18)11(19,20)12(21,22)13(23,24)14(25,26)27/h5-6,9H,4,7-8H2,1-3H3,(H,16,17,18);4-6H2,1-3H3. The van der Waals surface area contributed by atoms with Crippen LogP contribution in [-0.4, -0.2) is 88.9 Å². The third kappa shape index (κ3) is 9.72. The van der Waals surface area contributed by atoms with Crippen LogP contribution in [0.2, 0.25) is 0 Å². The monoisotopic (exact) mass is 767 g/mol. The quantitative estimate of drug-likeness (QED) is 0.0834. The molecule has 9 nitrogen and oxygen atoms in total. The summed E-state index contributed by atoms with van der Waals surface area (Å²) in [6, 6.07) is 4.88. The van der Waals surface area contributed by atoms with Gasteiger partial charge in [0.1, 0.15) is 24.2 Å². The Morgan fingerprint density at radius 2 is 1.04 bits per heavy atom. The third-order valence-corrected chi connectivity index (χ3v) is 7.62. The Morgan fingerprint density at radius 1 is 0.608 bits per heavy atom. The normalized spacial score (nSPS) is 13.7. The summed E-state index contributed by atoms with van der Waals surface area (Å²) in [6.45, 7) is 7.73. The molecule has 292 valence electrons. The number of halogens is 13. The van der Waals surface area contributed by atoms with Crippen molar-refractivity contribution in [3.05, 3.63) is 23.8 Å². The Kier molecular flexibility index (Phi) is 14.0. The maximum atomic E-state index is 13.5. The van der Waals surface area contributed by atoms with Crippen molar-refractivity contribution in [2.45, 2.75) is 96.6 Å². The lowest BCUT2D eigenvalue weighted by Gasteiger charge is -2.39. The van der Waals surface area contributed by atoms with Crippen LogP contribution in [0.5, 0.6) is 0 Å². The van der Waals surface area contributed by atoms with Gasteiger partial charge in [-0.05, 0) is 58.7 Å². The van der Waals surface area contributed by atoms with Crippen LogP contribution in [0.1, 0.15) is 71.2 Å². The number of benzene rings is 1. The molecular formula is C29H34F13N3O6. The van der Waals surface area contributed by atoms with Crippen molar-refractivity contribution in [3.8, 4) is 0 Å². The van der Waals surface area contributed by atoms with Crippen molar-refractivity contribution in [1.29, 1.82) is 0 Å². The molecular weight excluding hydrogens is 733 g/mol. The highest BCUT2D eigenvalue weighted by atomic mass is 19.4. The van der Waals surface area contributed by atoms with Crippen molar-refractivity contribution in [1.82, 2.24) is 15.4 Å². The molecule has 0 atom stereocenters. The first-order chi connectivity index (χ1) is 22.9.